The molecule has 0 radical (unpaired) electrons. The number of amides is 1. The molecule has 0 bridgehead atoms. The maximum Gasteiger partial charge on any atom is 0.241 e. The standard InChI is InChI=1S/C20H27N5O2.HI/c1-21-20(23-13-15-27-18-9-4-3-5-10-18)24-16-19(26)25(2)14-11-17-8-6-7-12-22-17;/h3-10,12H,11,13-16H2,1-2H3,(H2,21,23,24);1H. The van der Waals surface area contributed by atoms with Crippen LogP contribution >= 0.6 is 24.0 Å². The minimum absolute atomic E-state index is 0. The normalized spacial score (nSPS) is 10.6. The zero-order valence-corrected chi connectivity index (χ0v) is 18.6. The van der Waals surface area contributed by atoms with Crippen LogP contribution in [0.5, 0.6) is 5.75 Å². The summed E-state index contributed by atoms with van der Waals surface area (Å²) in [5.74, 6) is 1.39. The van der Waals surface area contributed by atoms with Crippen molar-refractivity contribution in [3.63, 3.8) is 0 Å². The first-order chi connectivity index (χ1) is 13.2. The highest BCUT2D eigenvalue weighted by Gasteiger charge is 2.09. The number of hydrogen-bond acceptors (Lipinski definition) is 4. The van der Waals surface area contributed by atoms with Crippen molar-refractivity contribution >= 4 is 35.8 Å². The van der Waals surface area contributed by atoms with Crippen molar-refractivity contribution in [3.8, 4) is 5.75 Å². The van der Waals surface area contributed by atoms with Gasteiger partial charge in [0.25, 0.3) is 0 Å². The topological polar surface area (TPSA) is 78.9 Å². The summed E-state index contributed by atoms with van der Waals surface area (Å²) in [6.07, 6.45) is 2.49. The molecule has 0 aliphatic rings. The number of benzene rings is 1. The second-order valence-electron chi connectivity index (χ2n) is 5.90. The molecule has 2 aromatic rings. The lowest BCUT2D eigenvalue weighted by Gasteiger charge is -2.18. The maximum atomic E-state index is 12.2. The van der Waals surface area contributed by atoms with Crippen molar-refractivity contribution in [2.24, 2.45) is 4.99 Å². The van der Waals surface area contributed by atoms with Gasteiger partial charge in [-0.25, -0.2) is 0 Å². The van der Waals surface area contributed by atoms with Crippen LogP contribution in [0.1, 0.15) is 5.69 Å². The number of guanidine groups is 1. The van der Waals surface area contributed by atoms with Crippen molar-refractivity contribution in [1.29, 1.82) is 0 Å². The van der Waals surface area contributed by atoms with Crippen LogP contribution in [-0.2, 0) is 11.2 Å². The van der Waals surface area contributed by atoms with Crippen LogP contribution in [0.15, 0.2) is 59.7 Å². The molecule has 7 nitrogen and oxygen atoms in total. The van der Waals surface area contributed by atoms with Crippen molar-refractivity contribution in [1.82, 2.24) is 20.5 Å². The SMILES string of the molecule is CN=C(NCCOc1ccccc1)NCC(=O)N(C)CCc1ccccn1.I. The van der Waals surface area contributed by atoms with Gasteiger partial charge in [-0.2, -0.15) is 0 Å². The van der Waals surface area contributed by atoms with E-state index in [1.807, 2.05) is 48.5 Å². The van der Waals surface area contributed by atoms with Gasteiger partial charge in [-0.15, -0.1) is 24.0 Å². The molecule has 0 aliphatic heterocycles. The highest BCUT2D eigenvalue weighted by molar-refractivity contribution is 14.0. The molecule has 0 unspecified atom stereocenters. The van der Waals surface area contributed by atoms with Crippen LogP contribution in [0.3, 0.4) is 0 Å². The number of carbonyl (C=O) groups is 1. The Morgan fingerprint density at radius 3 is 2.57 bits per heavy atom. The smallest absolute Gasteiger partial charge is 0.241 e. The fraction of sp³-hybridized carbons (Fsp3) is 0.350. The van der Waals surface area contributed by atoms with Crippen molar-refractivity contribution < 1.29 is 9.53 Å². The van der Waals surface area contributed by atoms with Crippen molar-refractivity contribution in [2.45, 2.75) is 6.42 Å². The van der Waals surface area contributed by atoms with E-state index in [2.05, 4.69) is 20.6 Å². The summed E-state index contributed by atoms with van der Waals surface area (Å²) in [5, 5.41) is 6.15. The van der Waals surface area contributed by atoms with Gasteiger partial charge in [0.05, 0.1) is 13.1 Å². The first kappa shape index (κ1) is 23.7. The van der Waals surface area contributed by atoms with Crippen LogP contribution in [0.25, 0.3) is 0 Å². The molecule has 1 amide bonds. The minimum Gasteiger partial charge on any atom is -0.492 e. The lowest BCUT2D eigenvalue weighted by molar-refractivity contribution is -0.128. The van der Waals surface area contributed by atoms with Crippen LogP contribution in [0.2, 0.25) is 0 Å². The summed E-state index contributed by atoms with van der Waals surface area (Å²) in [6.45, 7) is 1.88. The molecular weight excluding hydrogens is 469 g/mol. The van der Waals surface area contributed by atoms with E-state index in [1.54, 1.807) is 25.2 Å². The van der Waals surface area contributed by atoms with Gasteiger partial charge in [0.15, 0.2) is 5.96 Å². The number of ether oxygens (including phenoxy) is 1. The molecule has 0 aliphatic carbocycles. The first-order valence-corrected chi connectivity index (χ1v) is 8.95. The van der Waals surface area contributed by atoms with Gasteiger partial charge in [-0.05, 0) is 24.3 Å². The average molecular weight is 497 g/mol. The minimum atomic E-state index is -0.00517. The highest BCUT2D eigenvalue weighted by Crippen LogP contribution is 2.07. The molecule has 2 N–H and O–H groups in total. The predicted octanol–water partition coefficient (Wildman–Crippen LogP) is 1.94. The lowest BCUT2D eigenvalue weighted by Crippen LogP contribution is -2.45. The number of aliphatic imine (C=N–C) groups is 1. The van der Waals surface area contributed by atoms with E-state index in [0.29, 0.717) is 25.7 Å². The molecule has 1 heterocycles. The summed E-state index contributed by atoms with van der Waals surface area (Å²) in [5.41, 5.74) is 0.973. The molecule has 152 valence electrons. The van der Waals surface area contributed by atoms with Gasteiger partial charge >= 0.3 is 0 Å². The Balaban J connectivity index is 0.00000392. The molecule has 8 heteroatoms. The Morgan fingerprint density at radius 1 is 1.14 bits per heavy atom. The molecule has 0 saturated heterocycles. The van der Waals surface area contributed by atoms with E-state index in [9.17, 15) is 4.79 Å². The van der Waals surface area contributed by atoms with Gasteiger partial charge in [-0.3, -0.25) is 14.8 Å². The molecule has 0 atom stereocenters. The lowest BCUT2D eigenvalue weighted by atomic mass is 10.2. The number of pyridine rings is 1. The average Bonchev–Trinajstić information content (AvgIpc) is 2.72. The number of rotatable bonds is 9. The van der Waals surface area contributed by atoms with Crippen molar-refractivity contribution in [3.05, 3.63) is 60.4 Å². The highest BCUT2D eigenvalue weighted by atomic mass is 127. The maximum absolute atomic E-state index is 12.2. The number of nitrogens with one attached hydrogen (secondary N) is 2. The van der Waals surface area contributed by atoms with Crippen LogP contribution < -0.4 is 15.4 Å². The molecule has 0 fully saturated rings. The molecule has 1 aromatic heterocycles. The van der Waals surface area contributed by atoms with E-state index in [1.165, 1.54) is 0 Å². The van der Waals surface area contributed by atoms with E-state index >= 15 is 0 Å². The van der Waals surface area contributed by atoms with Gasteiger partial charge in [0.1, 0.15) is 12.4 Å². The fourth-order valence-electron chi connectivity index (χ4n) is 2.32. The number of nitrogens with zero attached hydrogens (tertiary/aromatic N) is 3. The Labute approximate surface area is 183 Å². The van der Waals surface area contributed by atoms with Gasteiger partial charge in [-0.1, -0.05) is 24.3 Å². The summed E-state index contributed by atoms with van der Waals surface area (Å²) in [6, 6.07) is 15.4. The molecular formula is C20H28IN5O2. The zero-order chi connectivity index (χ0) is 19.3. The van der Waals surface area contributed by atoms with E-state index < -0.39 is 0 Å². The second kappa shape index (κ2) is 13.8. The quantitative estimate of drug-likeness (QED) is 0.240. The van der Waals surface area contributed by atoms with E-state index in [0.717, 1.165) is 17.9 Å². The number of para-hydroxylation sites is 1. The van der Waals surface area contributed by atoms with E-state index in [-0.39, 0.29) is 36.4 Å². The number of carbonyl (C=O) groups excluding carboxylic acids is 1. The summed E-state index contributed by atoms with van der Waals surface area (Å²) in [4.78, 5) is 22.3. The Bertz CT molecular complexity index is 713. The van der Waals surface area contributed by atoms with E-state index in [4.69, 9.17) is 4.74 Å². The van der Waals surface area contributed by atoms with Crippen molar-refractivity contribution in [2.75, 3.05) is 40.3 Å². The van der Waals surface area contributed by atoms with Crippen LogP contribution in [0, 0.1) is 0 Å². The molecule has 1 aromatic carbocycles. The third-order valence-electron chi connectivity index (χ3n) is 3.89. The fourth-order valence-corrected chi connectivity index (χ4v) is 2.32. The Hall–Kier alpha value is -2.36. The Kier molecular flexibility index (Phi) is 11.6. The van der Waals surface area contributed by atoms with Gasteiger partial charge in [0, 0.05) is 39.0 Å². The van der Waals surface area contributed by atoms with Gasteiger partial charge in [0.2, 0.25) is 5.91 Å². The predicted molar refractivity (Wildman–Crippen MR) is 122 cm³/mol. The third kappa shape index (κ3) is 9.03. The molecule has 0 spiro atoms. The molecule has 2 rings (SSSR count). The largest absolute Gasteiger partial charge is 0.492 e. The number of hydrogen-bond donors (Lipinski definition) is 2. The Morgan fingerprint density at radius 2 is 1.89 bits per heavy atom. The first-order valence-electron chi connectivity index (χ1n) is 8.95. The zero-order valence-electron chi connectivity index (χ0n) is 16.3. The number of halogens is 1. The monoisotopic (exact) mass is 497 g/mol. The number of aromatic nitrogens is 1. The van der Waals surface area contributed by atoms with Gasteiger partial charge < -0.3 is 20.3 Å². The number of likely N-dealkylation sites (N-methyl/N-ethyl adjacent to an activating group) is 1. The third-order valence-corrected chi connectivity index (χ3v) is 3.89. The molecule has 0 saturated carbocycles. The van der Waals surface area contributed by atoms with Crippen LogP contribution in [0.4, 0.5) is 0 Å². The second-order valence-corrected chi connectivity index (χ2v) is 5.90. The molecule has 28 heavy (non-hydrogen) atoms. The van der Waals surface area contributed by atoms with Crippen LogP contribution in [-0.4, -0.2) is 62.1 Å². The summed E-state index contributed by atoms with van der Waals surface area (Å²) >= 11 is 0. The summed E-state index contributed by atoms with van der Waals surface area (Å²) in [7, 11) is 3.46. The summed E-state index contributed by atoms with van der Waals surface area (Å²) < 4.78 is 5.61.